The SMILES string of the molecule is O=C1CC(O)Cc2[nH]nc(-c3ccccc3)c21. The molecule has 4 nitrogen and oxygen atoms in total. The number of fused-ring (bicyclic) bond motifs is 1. The fraction of sp³-hybridized carbons (Fsp3) is 0.231. The highest BCUT2D eigenvalue weighted by Gasteiger charge is 2.29. The van der Waals surface area contributed by atoms with Crippen LogP contribution in [0, 0.1) is 0 Å². The zero-order valence-corrected chi connectivity index (χ0v) is 9.18. The first-order chi connectivity index (χ1) is 8.25. The Kier molecular flexibility index (Phi) is 2.30. The summed E-state index contributed by atoms with van der Waals surface area (Å²) in [6.45, 7) is 0. The fourth-order valence-electron chi connectivity index (χ4n) is 2.25. The fourth-order valence-corrected chi connectivity index (χ4v) is 2.25. The van der Waals surface area contributed by atoms with Crippen LogP contribution >= 0.6 is 0 Å². The van der Waals surface area contributed by atoms with Gasteiger partial charge in [-0.2, -0.15) is 5.10 Å². The first kappa shape index (κ1) is 10.2. The molecule has 1 heterocycles. The van der Waals surface area contributed by atoms with E-state index in [-0.39, 0.29) is 12.2 Å². The average Bonchev–Trinajstić information content (AvgIpc) is 2.74. The average molecular weight is 228 g/mol. The standard InChI is InChI=1S/C13H12N2O2/c16-9-6-10-12(11(17)7-9)13(15-14-10)8-4-2-1-3-5-8/h1-5,9,16H,6-7H2,(H,14,15). The Balaban J connectivity index is 2.13. The Bertz CT molecular complexity index is 560. The van der Waals surface area contributed by atoms with Crippen molar-refractivity contribution < 1.29 is 9.90 Å². The van der Waals surface area contributed by atoms with Gasteiger partial charge in [0.15, 0.2) is 5.78 Å². The molecule has 0 fully saturated rings. The van der Waals surface area contributed by atoms with Crippen LogP contribution in [0.15, 0.2) is 30.3 Å². The number of aliphatic hydroxyl groups excluding tert-OH is 1. The number of aromatic amines is 1. The Hall–Kier alpha value is -1.94. The molecule has 2 aromatic rings. The lowest BCUT2D eigenvalue weighted by Crippen LogP contribution is -2.23. The lowest BCUT2D eigenvalue weighted by atomic mass is 9.91. The monoisotopic (exact) mass is 228 g/mol. The van der Waals surface area contributed by atoms with E-state index in [0.717, 1.165) is 11.3 Å². The molecule has 86 valence electrons. The molecule has 0 spiro atoms. The largest absolute Gasteiger partial charge is 0.392 e. The third kappa shape index (κ3) is 1.66. The number of aromatic nitrogens is 2. The number of hydrogen-bond acceptors (Lipinski definition) is 3. The molecule has 0 amide bonds. The molecular formula is C13H12N2O2. The number of nitrogens with zero attached hydrogens (tertiary/aromatic N) is 1. The lowest BCUT2D eigenvalue weighted by Gasteiger charge is -2.15. The van der Waals surface area contributed by atoms with Crippen LogP contribution in [0.1, 0.15) is 22.5 Å². The van der Waals surface area contributed by atoms with Crippen LogP contribution in [-0.4, -0.2) is 27.2 Å². The second-order valence-corrected chi connectivity index (χ2v) is 4.28. The normalized spacial score (nSPS) is 19.1. The van der Waals surface area contributed by atoms with Crippen LogP contribution in [-0.2, 0) is 6.42 Å². The van der Waals surface area contributed by atoms with E-state index in [9.17, 15) is 9.90 Å². The molecule has 0 radical (unpaired) electrons. The van der Waals surface area contributed by atoms with E-state index < -0.39 is 6.10 Å². The maximum atomic E-state index is 11.9. The number of ketones is 1. The third-order valence-corrected chi connectivity index (χ3v) is 3.03. The summed E-state index contributed by atoms with van der Waals surface area (Å²) < 4.78 is 0. The van der Waals surface area contributed by atoms with Gasteiger partial charge >= 0.3 is 0 Å². The Morgan fingerprint density at radius 2 is 2.00 bits per heavy atom. The molecule has 1 aliphatic carbocycles. The van der Waals surface area contributed by atoms with Crippen molar-refractivity contribution in [2.75, 3.05) is 0 Å². The molecule has 1 unspecified atom stereocenters. The van der Waals surface area contributed by atoms with E-state index >= 15 is 0 Å². The van der Waals surface area contributed by atoms with E-state index in [1.807, 2.05) is 30.3 Å². The van der Waals surface area contributed by atoms with Gasteiger partial charge in [-0.05, 0) is 0 Å². The summed E-state index contributed by atoms with van der Waals surface area (Å²) >= 11 is 0. The molecule has 1 aromatic carbocycles. The predicted octanol–water partition coefficient (Wildman–Crippen LogP) is 1.57. The molecular weight excluding hydrogens is 216 g/mol. The van der Waals surface area contributed by atoms with Gasteiger partial charge < -0.3 is 5.11 Å². The van der Waals surface area contributed by atoms with Crippen molar-refractivity contribution >= 4 is 5.78 Å². The smallest absolute Gasteiger partial charge is 0.169 e. The molecule has 1 atom stereocenters. The molecule has 2 N–H and O–H groups in total. The number of Topliss-reactive ketones (excluding diaryl/α,β-unsaturated/α-hetero) is 1. The van der Waals surface area contributed by atoms with Gasteiger partial charge in [-0.15, -0.1) is 0 Å². The summed E-state index contributed by atoms with van der Waals surface area (Å²) in [4.78, 5) is 11.9. The molecule has 17 heavy (non-hydrogen) atoms. The van der Waals surface area contributed by atoms with Gasteiger partial charge in [0.25, 0.3) is 0 Å². The molecule has 3 rings (SSSR count). The number of hydrogen-bond donors (Lipinski definition) is 2. The second-order valence-electron chi connectivity index (χ2n) is 4.28. The van der Waals surface area contributed by atoms with Crippen molar-refractivity contribution in [1.82, 2.24) is 10.2 Å². The first-order valence-corrected chi connectivity index (χ1v) is 5.59. The quantitative estimate of drug-likeness (QED) is 0.778. The van der Waals surface area contributed by atoms with Crippen LogP contribution in [0.3, 0.4) is 0 Å². The minimum atomic E-state index is -0.584. The van der Waals surface area contributed by atoms with Gasteiger partial charge in [-0.3, -0.25) is 9.89 Å². The van der Waals surface area contributed by atoms with Gasteiger partial charge in [0.2, 0.25) is 0 Å². The van der Waals surface area contributed by atoms with Gasteiger partial charge in [-0.25, -0.2) is 0 Å². The topological polar surface area (TPSA) is 66.0 Å². The number of benzene rings is 1. The van der Waals surface area contributed by atoms with E-state index in [1.54, 1.807) is 0 Å². The summed E-state index contributed by atoms with van der Waals surface area (Å²) in [5.41, 5.74) is 3.00. The number of rotatable bonds is 1. The molecule has 1 aromatic heterocycles. The molecule has 0 saturated carbocycles. The van der Waals surface area contributed by atoms with Crippen molar-refractivity contribution in [2.45, 2.75) is 18.9 Å². The van der Waals surface area contributed by atoms with Crippen LogP contribution in [0.4, 0.5) is 0 Å². The van der Waals surface area contributed by atoms with Crippen LogP contribution in [0.2, 0.25) is 0 Å². The Morgan fingerprint density at radius 1 is 1.24 bits per heavy atom. The van der Waals surface area contributed by atoms with Gasteiger partial charge in [0.1, 0.15) is 5.69 Å². The summed E-state index contributed by atoms with van der Waals surface area (Å²) in [5, 5.41) is 16.6. The number of carbonyl (C=O) groups is 1. The van der Waals surface area contributed by atoms with Crippen molar-refractivity contribution in [3.8, 4) is 11.3 Å². The summed E-state index contributed by atoms with van der Waals surface area (Å²) in [6.07, 6.45) is 0.0758. The van der Waals surface area contributed by atoms with Crippen LogP contribution < -0.4 is 0 Å². The first-order valence-electron chi connectivity index (χ1n) is 5.59. The Labute approximate surface area is 98.3 Å². The molecule has 1 aliphatic rings. The van der Waals surface area contributed by atoms with Gasteiger partial charge in [0, 0.05) is 24.1 Å². The highest BCUT2D eigenvalue weighted by Crippen LogP contribution is 2.29. The number of nitrogens with one attached hydrogen (secondary N) is 1. The summed E-state index contributed by atoms with van der Waals surface area (Å²) in [5.74, 6) is -0.0358. The van der Waals surface area contributed by atoms with E-state index in [1.165, 1.54) is 0 Å². The predicted molar refractivity (Wildman–Crippen MR) is 62.7 cm³/mol. The van der Waals surface area contributed by atoms with E-state index in [2.05, 4.69) is 10.2 Å². The minimum Gasteiger partial charge on any atom is -0.392 e. The molecule has 4 heteroatoms. The zero-order valence-electron chi connectivity index (χ0n) is 9.18. The highest BCUT2D eigenvalue weighted by molar-refractivity contribution is 6.03. The van der Waals surface area contributed by atoms with Crippen LogP contribution in [0.5, 0.6) is 0 Å². The van der Waals surface area contributed by atoms with Gasteiger partial charge in [-0.1, -0.05) is 30.3 Å². The van der Waals surface area contributed by atoms with Crippen molar-refractivity contribution in [3.63, 3.8) is 0 Å². The number of H-pyrrole nitrogens is 1. The van der Waals surface area contributed by atoms with Crippen molar-refractivity contribution in [3.05, 3.63) is 41.6 Å². The van der Waals surface area contributed by atoms with Gasteiger partial charge in [0.05, 0.1) is 11.7 Å². The minimum absolute atomic E-state index is 0.0358. The molecule has 0 bridgehead atoms. The summed E-state index contributed by atoms with van der Waals surface area (Å²) in [6, 6.07) is 9.61. The lowest BCUT2D eigenvalue weighted by molar-refractivity contribution is 0.0852. The summed E-state index contributed by atoms with van der Waals surface area (Å²) in [7, 11) is 0. The van der Waals surface area contributed by atoms with Crippen molar-refractivity contribution in [1.29, 1.82) is 0 Å². The number of aliphatic hydroxyl groups is 1. The Morgan fingerprint density at radius 3 is 2.76 bits per heavy atom. The maximum Gasteiger partial charge on any atom is 0.169 e. The third-order valence-electron chi connectivity index (χ3n) is 3.03. The van der Waals surface area contributed by atoms with Crippen molar-refractivity contribution in [2.24, 2.45) is 0 Å². The maximum absolute atomic E-state index is 11.9. The second kappa shape index (κ2) is 3.82. The van der Waals surface area contributed by atoms with E-state index in [0.29, 0.717) is 17.7 Å². The molecule has 0 aliphatic heterocycles. The highest BCUT2D eigenvalue weighted by atomic mass is 16.3. The zero-order chi connectivity index (χ0) is 11.8. The molecule has 0 saturated heterocycles. The van der Waals surface area contributed by atoms with Crippen LogP contribution in [0.25, 0.3) is 11.3 Å². The van der Waals surface area contributed by atoms with E-state index in [4.69, 9.17) is 0 Å². The number of carbonyl (C=O) groups excluding carboxylic acids is 1.